The molecule has 0 aliphatic heterocycles. The minimum absolute atomic E-state index is 0.121. The van der Waals surface area contributed by atoms with Crippen LogP contribution in [0.2, 0.25) is 0 Å². The molecule has 1 unspecified atom stereocenters. The highest BCUT2D eigenvalue weighted by atomic mass is 32.2. The lowest BCUT2D eigenvalue weighted by Crippen LogP contribution is -2.17. The number of nitrogens with zero attached hydrogens (tertiary/aromatic N) is 3. The second-order valence-electron chi connectivity index (χ2n) is 3.44. The Kier molecular flexibility index (Phi) is 6.32. The van der Waals surface area contributed by atoms with Crippen LogP contribution in [-0.4, -0.2) is 26.5 Å². The van der Waals surface area contributed by atoms with Crippen molar-refractivity contribution < 1.29 is 8.42 Å². The van der Waals surface area contributed by atoms with E-state index in [-0.39, 0.29) is 24.0 Å². The minimum Gasteiger partial charge on any atom is -0.229 e. The number of hydrogen-bond donors (Lipinski definition) is 0. The topological polar surface area (TPSA) is 82.9 Å². The molecule has 0 saturated heterocycles. The first-order chi connectivity index (χ1) is 6.52. The van der Waals surface area contributed by atoms with Gasteiger partial charge in [0, 0.05) is 11.5 Å². The molecule has 0 aromatic carbocycles. The maximum atomic E-state index is 11.4. The molecular weight excluding hydrogens is 202 g/mol. The largest absolute Gasteiger partial charge is 0.229 e. The highest BCUT2D eigenvalue weighted by Gasteiger charge is 2.13. The Morgan fingerprint density at radius 3 is 2.64 bits per heavy atom. The van der Waals surface area contributed by atoms with Gasteiger partial charge in [-0.15, -0.1) is 0 Å². The van der Waals surface area contributed by atoms with Crippen LogP contribution in [0.4, 0.5) is 0 Å². The van der Waals surface area contributed by atoms with E-state index in [4.69, 9.17) is 5.53 Å². The van der Waals surface area contributed by atoms with Gasteiger partial charge in [-0.1, -0.05) is 25.4 Å². The second-order valence-corrected chi connectivity index (χ2v) is 5.66. The Hall–Kier alpha value is -0.740. The van der Waals surface area contributed by atoms with Crippen molar-refractivity contribution in [1.29, 1.82) is 0 Å². The summed E-state index contributed by atoms with van der Waals surface area (Å²) in [6.45, 7) is 4.15. The molecule has 6 heteroatoms. The van der Waals surface area contributed by atoms with E-state index in [0.717, 1.165) is 6.42 Å². The van der Waals surface area contributed by atoms with Crippen LogP contribution in [0.15, 0.2) is 5.11 Å². The number of rotatable bonds is 7. The average molecular weight is 219 g/mol. The number of hydrogen-bond acceptors (Lipinski definition) is 3. The Balaban J connectivity index is 3.90. The van der Waals surface area contributed by atoms with Crippen LogP contribution in [0, 0.1) is 5.92 Å². The van der Waals surface area contributed by atoms with Crippen molar-refractivity contribution in [3.8, 4) is 0 Å². The third-order valence-electron chi connectivity index (χ3n) is 2.01. The van der Waals surface area contributed by atoms with E-state index in [9.17, 15) is 8.42 Å². The summed E-state index contributed by atoms with van der Waals surface area (Å²) in [6.07, 6.45) is 1.29. The predicted molar refractivity (Wildman–Crippen MR) is 56.7 cm³/mol. The lowest BCUT2D eigenvalue weighted by atomic mass is 10.2. The smallest absolute Gasteiger partial charge is 0.150 e. The molecule has 0 fully saturated rings. The van der Waals surface area contributed by atoms with E-state index >= 15 is 0 Å². The van der Waals surface area contributed by atoms with Crippen LogP contribution in [0.1, 0.15) is 26.7 Å². The third kappa shape index (κ3) is 6.74. The van der Waals surface area contributed by atoms with Crippen LogP contribution in [0.3, 0.4) is 0 Å². The molecule has 0 rings (SSSR count). The molecule has 0 amide bonds. The maximum Gasteiger partial charge on any atom is 0.150 e. The molecule has 0 aliphatic rings. The quantitative estimate of drug-likeness (QED) is 0.284. The van der Waals surface area contributed by atoms with E-state index in [0.29, 0.717) is 6.42 Å². The van der Waals surface area contributed by atoms with Gasteiger partial charge in [-0.25, -0.2) is 8.42 Å². The lowest BCUT2D eigenvalue weighted by molar-refractivity contribution is 0.562. The van der Waals surface area contributed by atoms with Gasteiger partial charge < -0.3 is 0 Å². The van der Waals surface area contributed by atoms with E-state index in [1.165, 1.54) is 0 Å². The third-order valence-corrected chi connectivity index (χ3v) is 4.00. The van der Waals surface area contributed by atoms with E-state index in [2.05, 4.69) is 10.0 Å². The van der Waals surface area contributed by atoms with E-state index < -0.39 is 9.84 Å². The van der Waals surface area contributed by atoms with Crippen LogP contribution in [0.25, 0.3) is 10.4 Å². The first-order valence-corrected chi connectivity index (χ1v) is 6.55. The average Bonchev–Trinajstić information content (AvgIpc) is 2.12. The van der Waals surface area contributed by atoms with Crippen LogP contribution in [0.5, 0.6) is 0 Å². The Morgan fingerprint density at radius 1 is 1.50 bits per heavy atom. The molecular formula is C8H17N3O2S. The van der Waals surface area contributed by atoms with Crippen molar-refractivity contribution in [2.45, 2.75) is 26.7 Å². The monoisotopic (exact) mass is 219 g/mol. The van der Waals surface area contributed by atoms with Crippen molar-refractivity contribution in [2.75, 3.05) is 18.1 Å². The molecule has 14 heavy (non-hydrogen) atoms. The van der Waals surface area contributed by atoms with Gasteiger partial charge in [0.05, 0.1) is 11.5 Å². The van der Waals surface area contributed by atoms with Crippen molar-refractivity contribution in [2.24, 2.45) is 11.0 Å². The van der Waals surface area contributed by atoms with Crippen LogP contribution < -0.4 is 0 Å². The summed E-state index contributed by atoms with van der Waals surface area (Å²) in [5.41, 5.74) is 7.99. The Bertz CT molecular complexity index is 294. The SMILES string of the molecule is CCC(C)CS(=O)(=O)CCCN=[N+]=[N-]. The summed E-state index contributed by atoms with van der Waals surface area (Å²) in [5, 5.41) is 3.29. The van der Waals surface area contributed by atoms with Gasteiger partial charge in [0.1, 0.15) is 0 Å². The summed E-state index contributed by atoms with van der Waals surface area (Å²) < 4.78 is 22.9. The number of azide groups is 1. The molecule has 1 atom stereocenters. The molecule has 82 valence electrons. The van der Waals surface area contributed by atoms with Gasteiger partial charge in [-0.05, 0) is 17.9 Å². The van der Waals surface area contributed by atoms with Gasteiger partial charge in [0.15, 0.2) is 9.84 Å². The van der Waals surface area contributed by atoms with E-state index in [1.54, 1.807) is 0 Å². The first kappa shape index (κ1) is 13.3. The molecule has 0 aromatic rings. The lowest BCUT2D eigenvalue weighted by Gasteiger charge is -2.08. The first-order valence-electron chi connectivity index (χ1n) is 4.73. The molecule has 5 nitrogen and oxygen atoms in total. The zero-order valence-electron chi connectivity index (χ0n) is 8.68. The zero-order valence-corrected chi connectivity index (χ0v) is 9.50. The highest BCUT2D eigenvalue weighted by Crippen LogP contribution is 2.06. The Labute approximate surface area is 85.1 Å². The van der Waals surface area contributed by atoms with Gasteiger partial charge in [0.2, 0.25) is 0 Å². The van der Waals surface area contributed by atoms with Gasteiger partial charge in [-0.2, -0.15) is 0 Å². The summed E-state index contributed by atoms with van der Waals surface area (Å²) in [4.78, 5) is 2.56. The van der Waals surface area contributed by atoms with Gasteiger partial charge >= 0.3 is 0 Å². The summed E-state index contributed by atoms with van der Waals surface area (Å²) in [7, 11) is -2.96. The minimum atomic E-state index is -2.96. The normalized spacial score (nSPS) is 13.3. The summed E-state index contributed by atoms with van der Waals surface area (Å²) in [6, 6.07) is 0. The zero-order chi connectivity index (χ0) is 11.0. The molecule has 0 aromatic heterocycles. The van der Waals surface area contributed by atoms with E-state index in [1.807, 2.05) is 13.8 Å². The predicted octanol–water partition coefficient (Wildman–Crippen LogP) is 2.15. The standard InChI is InChI=1S/C8H17N3O2S/c1-3-8(2)7-14(12,13)6-4-5-10-11-9/h8H,3-7H2,1-2H3. The van der Waals surface area contributed by atoms with Crippen molar-refractivity contribution in [3.05, 3.63) is 10.4 Å². The molecule has 0 N–H and O–H groups in total. The number of sulfone groups is 1. The fourth-order valence-electron chi connectivity index (χ4n) is 1.03. The fraction of sp³-hybridized carbons (Fsp3) is 1.00. The molecule has 0 radical (unpaired) electrons. The van der Waals surface area contributed by atoms with Gasteiger partial charge in [0.25, 0.3) is 0 Å². The van der Waals surface area contributed by atoms with Crippen molar-refractivity contribution in [3.63, 3.8) is 0 Å². The van der Waals surface area contributed by atoms with Crippen molar-refractivity contribution in [1.82, 2.24) is 0 Å². The summed E-state index contributed by atoms with van der Waals surface area (Å²) >= 11 is 0. The van der Waals surface area contributed by atoms with Crippen LogP contribution >= 0.6 is 0 Å². The molecule has 0 spiro atoms. The molecule has 0 saturated carbocycles. The van der Waals surface area contributed by atoms with Crippen molar-refractivity contribution >= 4 is 9.84 Å². The molecule has 0 bridgehead atoms. The Morgan fingerprint density at radius 2 is 2.14 bits per heavy atom. The van der Waals surface area contributed by atoms with Crippen LogP contribution in [-0.2, 0) is 9.84 Å². The van der Waals surface area contributed by atoms with Gasteiger partial charge in [-0.3, -0.25) is 0 Å². The maximum absolute atomic E-state index is 11.4. The summed E-state index contributed by atoms with van der Waals surface area (Å²) in [5.74, 6) is 0.565. The molecule has 0 aliphatic carbocycles. The molecule has 0 heterocycles. The highest BCUT2D eigenvalue weighted by molar-refractivity contribution is 7.91. The second kappa shape index (κ2) is 6.68. The fourth-order valence-corrected chi connectivity index (χ4v) is 2.87.